The highest BCUT2D eigenvalue weighted by Crippen LogP contribution is 2.96. The number of hydrogen-bond acceptors (Lipinski definition) is 0. The van der Waals surface area contributed by atoms with Gasteiger partial charge in [0.1, 0.15) is 0 Å². The predicted octanol–water partition coefficient (Wildman–Crippen LogP) is 6.60. The van der Waals surface area contributed by atoms with Crippen molar-refractivity contribution in [3.8, 4) is 0 Å². The third-order valence-corrected chi connectivity index (χ3v) is 8.17. The van der Waals surface area contributed by atoms with Crippen molar-refractivity contribution in [2.75, 3.05) is 0 Å². The summed E-state index contributed by atoms with van der Waals surface area (Å²) in [6, 6.07) is 0. The van der Waals surface area contributed by atoms with Crippen LogP contribution in [0.3, 0.4) is 0 Å². The molecule has 128 valence electrons. The van der Waals surface area contributed by atoms with Gasteiger partial charge in [0.2, 0.25) is 0 Å². The molecule has 0 aromatic rings. The molecule has 5 rings (SSSR count). The van der Waals surface area contributed by atoms with Crippen LogP contribution < -0.4 is 0 Å². The fourth-order valence-electron chi connectivity index (χ4n) is 7.81. The van der Waals surface area contributed by atoms with Gasteiger partial charge in [0.25, 0.3) is 0 Å². The first-order valence-electron chi connectivity index (χ1n) is 10.5. The van der Waals surface area contributed by atoms with Crippen molar-refractivity contribution >= 4 is 0 Å². The van der Waals surface area contributed by atoms with Gasteiger partial charge >= 0.3 is 0 Å². The maximum atomic E-state index is 3.87. The van der Waals surface area contributed by atoms with Gasteiger partial charge in [0.05, 0.1) is 0 Å². The van der Waals surface area contributed by atoms with Crippen LogP contribution in [0.25, 0.3) is 0 Å². The highest BCUT2D eigenvalue weighted by Gasteiger charge is 2.92. The highest BCUT2D eigenvalue weighted by atomic mass is 14.9. The molecule has 5 aliphatic carbocycles. The topological polar surface area (TPSA) is 0 Å². The van der Waals surface area contributed by atoms with Gasteiger partial charge in [0.15, 0.2) is 0 Å². The zero-order valence-corrected chi connectivity index (χ0v) is 16.0. The monoisotopic (exact) mass is 320 g/mol. The molecule has 0 heterocycles. The van der Waals surface area contributed by atoms with Crippen molar-refractivity contribution in [3.63, 3.8) is 0 Å². The molecule has 0 saturated heterocycles. The second-order valence-corrected chi connectivity index (χ2v) is 9.73. The Morgan fingerprint density at radius 3 is 1.17 bits per heavy atom. The van der Waals surface area contributed by atoms with Crippen LogP contribution in [0, 0.1) is 34.5 Å². The summed E-state index contributed by atoms with van der Waals surface area (Å²) in [4.78, 5) is 0. The van der Waals surface area contributed by atoms with E-state index >= 15 is 0 Å². The molecule has 0 aromatic heterocycles. The molecule has 0 aliphatic heterocycles. The van der Waals surface area contributed by atoms with Crippen LogP contribution in [0.2, 0.25) is 0 Å². The molecule has 0 bridgehead atoms. The van der Waals surface area contributed by atoms with Gasteiger partial charge in [0, 0.05) is 22.0 Å². The van der Waals surface area contributed by atoms with Crippen molar-refractivity contribution in [3.05, 3.63) is 33.8 Å². The van der Waals surface area contributed by atoms with Crippen LogP contribution in [-0.2, 0) is 0 Å². The van der Waals surface area contributed by atoms with Crippen molar-refractivity contribution in [1.29, 1.82) is 0 Å². The lowest BCUT2D eigenvalue weighted by atomic mass is 9.54. The minimum absolute atomic E-state index is 0.540. The van der Waals surface area contributed by atoms with Gasteiger partial charge in [-0.05, 0) is 88.2 Å². The Labute approximate surface area is 147 Å². The van der Waals surface area contributed by atoms with Crippen LogP contribution >= 0.6 is 0 Å². The van der Waals surface area contributed by atoms with E-state index in [1.807, 2.05) is 0 Å². The summed E-state index contributed by atoms with van der Waals surface area (Å²) in [6.45, 7) is 8.94. The molecule has 4 unspecified atom stereocenters. The minimum Gasteiger partial charge on any atom is -0.117 e. The van der Waals surface area contributed by atoms with E-state index in [0.29, 0.717) is 10.8 Å². The molecule has 24 heavy (non-hydrogen) atoms. The molecule has 0 radical (unpaired) electrons. The number of hydrogen-bond donors (Lipinski definition) is 0. The molecule has 2 spiro atoms. The number of fused-ring (bicyclic) bond motifs is 7. The molecule has 4 atom stereocenters. The van der Waals surface area contributed by atoms with E-state index in [2.05, 4.69) is 39.2 Å². The highest BCUT2D eigenvalue weighted by molar-refractivity contribution is 5.67. The van der Waals surface area contributed by atoms with Gasteiger partial charge < -0.3 is 0 Å². The largest absolute Gasteiger partial charge is 0.117 e. The maximum absolute atomic E-state index is 3.87. The average molecular weight is 321 g/mol. The standard InChI is InChI=1S/C24H32/c1-15(2)13-21-22(14-16(3)4)24(19-11-7-8-12-20(19)24)23(21)17-9-5-6-10-18(17)23/h17-20H,5-12H2,1-4H3. The summed E-state index contributed by atoms with van der Waals surface area (Å²) < 4.78 is 0. The van der Waals surface area contributed by atoms with E-state index in [0.717, 1.165) is 23.7 Å². The van der Waals surface area contributed by atoms with Gasteiger partial charge in [-0.3, -0.25) is 0 Å². The lowest BCUT2D eigenvalue weighted by molar-refractivity contribution is 0.225. The maximum Gasteiger partial charge on any atom is 0.0206 e. The van der Waals surface area contributed by atoms with Crippen molar-refractivity contribution < 1.29 is 0 Å². The minimum atomic E-state index is 0.540. The molecular weight excluding hydrogens is 288 g/mol. The lowest BCUT2D eigenvalue weighted by Gasteiger charge is -2.46. The van der Waals surface area contributed by atoms with Gasteiger partial charge in [-0.15, -0.1) is 11.5 Å². The fraction of sp³-hybridized carbons (Fsp3) is 0.750. The molecule has 5 fully saturated rings. The van der Waals surface area contributed by atoms with Crippen LogP contribution in [0.15, 0.2) is 33.8 Å². The fourth-order valence-corrected chi connectivity index (χ4v) is 7.81. The lowest BCUT2D eigenvalue weighted by Crippen LogP contribution is -2.41. The predicted molar refractivity (Wildman–Crippen MR) is 99.5 cm³/mol. The normalized spacial score (nSPS) is 47.3. The third-order valence-electron chi connectivity index (χ3n) is 8.17. The van der Waals surface area contributed by atoms with Crippen molar-refractivity contribution in [2.45, 2.75) is 79.1 Å². The Balaban J connectivity index is 1.73. The summed E-state index contributed by atoms with van der Waals surface area (Å²) in [7, 11) is 0. The van der Waals surface area contributed by atoms with E-state index in [9.17, 15) is 0 Å². The molecule has 0 amide bonds. The summed E-state index contributed by atoms with van der Waals surface area (Å²) in [5.41, 5.74) is 14.8. The first kappa shape index (κ1) is 15.3. The average Bonchev–Trinajstić information content (AvgIpc) is 3.42. The molecule has 0 N–H and O–H groups in total. The smallest absolute Gasteiger partial charge is 0.0206 e. The summed E-state index contributed by atoms with van der Waals surface area (Å²) >= 11 is 0. The second kappa shape index (κ2) is 4.81. The SMILES string of the molecule is CC(C)=C=C1C(=C=C(C)C)C2(C3CCCCC32)C12C1CCCCC12. The summed E-state index contributed by atoms with van der Waals surface area (Å²) in [5.74, 6) is 3.95. The van der Waals surface area contributed by atoms with E-state index < -0.39 is 0 Å². The first-order chi connectivity index (χ1) is 11.6. The van der Waals surface area contributed by atoms with E-state index in [4.69, 9.17) is 0 Å². The molecule has 0 aromatic carbocycles. The Bertz CT molecular complexity index is 636. The molecule has 0 heteroatoms. The molecular formula is C24H32. The van der Waals surface area contributed by atoms with Gasteiger partial charge in [-0.25, -0.2) is 0 Å². The number of rotatable bonds is 0. The molecule has 5 aliphatic rings. The summed E-state index contributed by atoms with van der Waals surface area (Å²) in [6.07, 6.45) is 11.8. The third kappa shape index (κ3) is 1.54. The molecule has 0 nitrogen and oxygen atoms in total. The quantitative estimate of drug-likeness (QED) is 0.441. The van der Waals surface area contributed by atoms with Crippen molar-refractivity contribution in [1.82, 2.24) is 0 Å². The van der Waals surface area contributed by atoms with E-state index in [-0.39, 0.29) is 0 Å². The Kier molecular flexibility index (Phi) is 3.07. The second-order valence-electron chi connectivity index (χ2n) is 9.73. The zero-order chi connectivity index (χ0) is 16.7. The van der Waals surface area contributed by atoms with E-state index in [1.165, 1.54) is 62.5 Å². The van der Waals surface area contributed by atoms with Crippen molar-refractivity contribution in [2.24, 2.45) is 34.5 Å². The van der Waals surface area contributed by atoms with Crippen LogP contribution in [0.4, 0.5) is 0 Å². The van der Waals surface area contributed by atoms with Crippen LogP contribution in [0.1, 0.15) is 79.1 Å². The van der Waals surface area contributed by atoms with Crippen LogP contribution in [0.5, 0.6) is 0 Å². The Hall–Kier alpha value is -0.960. The van der Waals surface area contributed by atoms with E-state index in [1.54, 1.807) is 11.1 Å². The zero-order valence-electron chi connectivity index (χ0n) is 16.0. The van der Waals surface area contributed by atoms with Gasteiger partial charge in [-0.2, -0.15) is 0 Å². The Morgan fingerprint density at radius 1 is 0.625 bits per heavy atom. The first-order valence-corrected chi connectivity index (χ1v) is 10.5. The van der Waals surface area contributed by atoms with Gasteiger partial charge in [-0.1, -0.05) is 25.7 Å². The molecule has 5 saturated carbocycles. The summed E-state index contributed by atoms with van der Waals surface area (Å²) in [5, 5.41) is 0. The van der Waals surface area contributed by atoms with Crippen LogP contribution in [-0.4, -0.2) is 0 Å². The Morgan fingerprint density at radius 2 is 0.917 bits per heavy atom. The number of allylic oxidation sites excluding steroid dienone is 2.